The predicted octanol–water partition coefficient (Wildman–Crippen LogP) is 5.47. The average Bonchev–Trinajstić information content (AvgIpc) is 3.38. The third-order valence-electron chi connectivity index (χ3n) is 7.74. The third kappa shape index (κ3) is 7.63. The summed E-state index contributed by atoms with van der Waals surface area (Å²) >= 11 is 1.61. The molecule has 1 unspecified atom stereocenters. The van der Waals surface area contributed by atoms with E-state index in [1.807, 2.05) is 72.8 Å². The van der Waals surface area contributed by atoms with E-state index in [2.05, 4.69) is 10.3 Å². The van der Waals surface area contributed by atoms with Crippen LogP contribution in [0, 0.1) is 0 Å². The third-order valence-corrected chi connectivity index (χ3v) is 8.82. The highest BCUT2D eigenvalue weighted by Gasteiger charge is 2.41. The summed E-state index contributed by atoms with van der Waals surface area (Å²) in [6.07, 6.45) is 0.357. The molecule has 6 rings (SSSR count). The summed E-state index contributed by atoms with van der Waals surface area (Å²) in [6, 6.07) is 28.5. The quantitative estimate of drug-likeness (QED) is 0.172. The van der Waals surface area contributed by atoms with Gasteiger partial charge in [0.05, 0.1) is 35.9 Å². The van der Waals surface area contributed by atoms with E-state index in [4.69, 9.17) is 14.2 Å². The lowest BCUT2D eigenvalue weighted by Gasteiger charge is -2.36. The normalized spacial score (nSPS) is 21.3. The number of rotatable bonds is 10. The molecule has 10 nitrogen and oxygen atoms in total. The molecule has 46 heavy (non-hydrogen) atoms. The van der Waals surface area contributed by atoms with Gasteiger partial charge in [-0.2, -0.15) is 0 Å². The highest BCUT2D eigenvalue weighted by Crippen LogP contribution is 2.40. The number of hydrogen-bond acceptors (Lipinski definition) is 9. The minimum Gasteiger partial charge on any atom is -0.445 e. The molecule has 0 saturated carbocycles. The van der Waals surface area contributed by atoms with Crippen LogP contribution in [0.4, 0.5) is 10.5 Å². The number of nitrogens with one attached hydrogen (secondary N) is 1. The number of anilines is 1. The maximum absolute atomic E-state index is 13.2. The highest BCUT2D eigenvalue weighted by molar-refractivity contribution is 7.99. The Hall–Kier alpha value is -4.55. The first-order chi connectivity index (χ1) is 22.5. The number of nitrogens with zero attached hydrogens (tertiary/aromatic N) is 2. The molecule has 0 bridgehead atoms. The summed E-state index contributed by atoms with van der Waals surface area (Å²) in [5.41, 5.74) is 3.71. The van der Waals surface area contributed by atoms with E-state index < -0.39 is 30.2 Å². The maximum Gasteiger partial charge on any atom is 0.408 e. The number of amides is 3. The summed E-state index contributed by atoms with van der Waals surface area (Å²) in [7, 11) is 0. The van der Waals surface area contributed by atoms with Crippen LogP contribution in [0.5, 0.6) is 0 Å². The Labute approximate surface area is 270 Å². The van der Waals surface area contributed by atoms with Gasteiger partial charge in [-0.05, 0) is 41.0 Å². The Bertz CT molecular complexity index is 1640. The SMILES string of the molecule is O=C(NC1CC(=O)N(c2ccc([C@H]3O[C@@H](CSc4ccccn4)C[C@@H](c4ccc(CO)cc4)O3)cc2)C1=O)OCc1ccccc1. The number of aliphatic hydroxyl groups is 1. The molecule has 0 spiro atoms. The Morgan fingerprint density at radius 2 is 1.65 bits per heavy atom. The van der Waals surface area contributed by atoms with E-state index in [-0.39, 0.29) is 31.8 Å². The van der Waals surface area contributed by atoms with Crippen molar-refractivity contribution in [3.8, 4) is 0 Å². The Morgan fingerprint density at radius 1 is 0.913 bits per heavy atom. The largest absolute Gasteiger partial charge is 0.445 e. The second kappa shape index (κ2) is 14.7. The summed E-state index contributed by atoms with van der Waals surface area (Å²) < 4.78 is 18.0. The van der Waals surface area contributed by atoms with Crippen LogP contribution in [0.25, 0.3) is 0 Å². The first kappa shape index (κ1) is 31.4. The number of aliphatic hydroxyl groups excluding tert-OH is 1. The van der Waals surface area contributed by atoms with E-state index in [1.54, 1.807) is 42.2 Å². The number of imide groups is 1. The number of ether oxygens (including phenoxy) is 3. The fourth-order valence-electron chi connectivity index (χ4n) is 5.34. The van der Waals surface area contributed by atoms with Crippen LogP contribution in [-0.4, -0.2) is 45.9 Å². The van der Waals surface area contributed by atoms with Crippen molar-refractivity contribution in [2.24, 2.45) is 0 Å². The van der Waals surface area contributed by atoms with Gasteiger partial charge in [0.15, 0.2) is 6.29 Å². The molecule has 11 heteroatoms. The van der Waals surface area contributed by atoms with Gasteiger partial charge in [-0.1, -0.05) is 72.8 Å². The summed E-state index contributed by atoms with van der Waals surface area (Å²) in [6.45, 7) is 0.0138. The van der Waals surface area contributed by atoms with Gasteiger partial charge in [-0.15, -0.1) is 11.8 Å². The van der Waals surface area contributed by atoms with Gasteiger partial charge in [-0.3, -0.25) is 9.59 Å². The fourth-order valence-corrected chi connectivity index (χ4v) is 6.22. The minimum atomic E-state index is -1.02. The number of carbonyl (C=O) groups is 3. The molecule has 2 fully saturated rings. The van der Waals surface area contributed by atoms with Crippen LogP contribution >= 0.6 is 11.8 Å². The first-order valence-electron chi connectivity index (χ1n) is 15.0. The molecule has 2 aliphatic heterocycles. The van der Waals surface area contributed by atoms with Crippen molar-refractivity contribution < 1.29 is 33.7 Å². The number of pyridine rings is 1. The van der Waals surface area contributed by atoms with Crippen LogP contribution in [-0.2, 0) is 37.0 Å². The van der Waals surface area contributed by atoms with Crippen LogP contribution in [0.2, 0.25) is 0 Å². The Kier molecular flexibility index (Phi) is 10.0. The number of thioether (sulfide) groups is 1. The van der Waals surface area contributed by atoms with Crippen molar-refractivity contribution in [3.63, 3.8) is 0 Å². The van der Waals surface area contributed by atoms with Gasteiger partial charge in [0.2, 0.25) is 5.91 Å². The van der Waals surface area contributed by atoms with Crippen LogP contribution < -0.4 is 10.2 Å². The molecule has 236 valence electrons. The van der Waals surface area contributed by atoms with Crippen molar-refractivity contribution in [1.82, 2.24) is 10.3 Å². The zero-order valence-electron chi connectivity index (χ0n) is 24.9. The number of alkyl carbamates (subject to hydrolysis) is 1. The van der Waals surface area contributed by atoms with Gasteiger partial charge in [0.25, 0.3) is 5.91 Å². The first-order valence-corrected chi connectivity index (χ1v) is 15.9. The molecular weight excluding hydrogens is 606 g/mol. The standard InChI is InChI=1S/C35H33N3O7S/c39-20-23-9-11-25(12-10-23)30-18-28(22-46-31-8-4-5-17-36-31)44-34(45-30)26-13-15-27(16-14-26)38-32(40)19-29(33(38)41)37-35(42)43-21-24-6-2-1-3-7-24/h1-17,28-30,34,39H,18-22H2,(H,37,42)/t28-,29?,30+,34+/m1/s1. The van der Waals surface area contributed by atoms with Crippen LogP contribution in [0.3, 0.4) is 0 Å². The molecular formula is C35H33N3O7S. The Morgan fingerprint density at radius 3 is 2.37 bits per heavy atom. The lowest BCUT2D eigenvalue weighted by atomic mass is 10.0. The van der Waals surface area contributed by atoms with Crippen molar-refractivity contribution in [2.45, 2.75) is 55.6 Å². The molecule has 4 aromatic rings. The topological polar surface area (TPSA) is 127 Å². The van der Waals surface area contributed by atoms with E-state index in [0.717, 1.165) is 32.2 Å². The summed E-state index contributed by atoms with van der Waals surface area (Å²) in [5, 5.41) is 12.9. The molecule has 2 aliphatic rings. The van der Waals surface area contributed by atoms with E-state index >= 15 is 0 Å². The predicted molar refractivity (Wildman–Crippen MR) is 170 cm³/mol. The zero-order chi connectivity index (χ0) is 31.9. The number of hydrogen-bond donors (Lipinski definition) is 2. The van der Waals surface area contributed by atoms with Crippen molar-refractivity contribution >= 4 is 35.4 Å². The molecule has 1 aromatic heterocycles. The van der Waals surface area contributed by atoms with Crippen molar-refractivity contribution in [3.05, 3.63) is 126 Å². The van der Waals surface area contributed by atoms with Crippen LogP contribution in [0.1, 0.15) is 47.5 Å². The van der Waals surface area contributed by atoms with Gasteiger partial charge >= 0.3 is 6.09 Å². The molecule has 0 aliphatic carbocycles. The van der Waals surface area contributed by atoms with Crippen molar-refractivity contribution in [1.29, 1.82) is 0 Å². The fraction of sp³-hybridized carbons (Fsp3) is 0.257. The molecule has 0 radical (unpaired) electrons. The molecule has 2 N–H and O–H groups in total. The smallest absolute Gasteiger partial charge is 0.408 e. The molecule has 3 heterocycles. The second-order valence-corrected chi connectivity index (χ2v) is 12.0. The van der Waals surface area contributed by atoms with Gasteiger partial charge in [0, 0.05) is 23.9 Å². The highest BCUT2D eigenvalue weighted by atomic mass is 32.2. The van der Waals surface area contributed by atoms with Crippen molar-refractivity contribution in [2.75, 3.05) is 10.7 Å². The lowest BCUT2D eigenvalue weighted by Crippen LogP contribution is -2.42. The summed E-state index contributed by atoms with van der Waals surface area (Å²) in [5.74, 6) is -0.286. The number of benzene rings is 3. The van der Waals surface area contributed by atoms with E-state index in [9.17, 15) is 19.5 Å². The lowest BCUT2D eigenvalue weighted by molar-refractivity contribution is -0.245. The Balaban J connectivity index is 1.12. The molecule has 3 aromatic carbocycles. The number of aromatic nitrogens is 1. The molecule has 2 saturated heterocycles. The second-order valence-electron chi connectivity index (χ2n) is 11.0. The minimum absolute atomic E-state index is 0.0373. The van der Waals surface area contributed by atoms with Crippen LogP contribution in [0.15, 0.2) is 108 Å². The van der Waals surface area contributed by atoms with E-state index in [0.29, 0.717) is 17.9 Å². The monoisotopic (exact) mass is 639 g/mol. The average molecular weight is 640 g/mol. The van der Waals surface area contributed by atoms with Gasteiger partial charge in [-0.25, -0.2) is 14.7 Å². The maximum atomic E-state index is 13.2. The molecule has 4 atom stereocenters. The van der Waals surface area contributed by atoms with Gasteiger partial charge < -0.3 is 24.6 Å². The zero-order valence-corrected chi connectivity index (χ0v) is 25.7. The van der Waals surface area contributed by atoms with E-state index in [1.165, 1.54) is 0 Å². The number of carbonyl (C=O) groups excluding carboxylic acids is 3. The van der Waals surface area contributed by atoms with Gasteiger partial charge in [0.1, 0.15) is 12.6 Å². The summed E-state index contributed by atoms with van der Waals surface area (Å²) in [4.78, 5) is 43.8. The molecule has 3 amide bonds.